The second-order valence-electron chi connectivity index (χ2n) is 5.02. The number of likely N-dealkylation sites (tertiary alicyclic amines) is 1. The average molecular weight is 341 g/mol. The second-order valence-corrected chi connectivity index (χ2v) is 6.88. The fraction of sp³-hybridized carbons (Fsp3) is 0.333. The molecule has 1 amide bonds. The van der Waals surface area contributed by atoms with Gasteiger partial charge in [-0.3, -0.25) is 4.79 Å². The van der Waals surface area contributed by atoms with E-state index in [-0.39, 0.29) is 5.91 Å². The Hall–Kier alpha value is -0.970. The Morgan fingerprint density at radius 2 is 1.95 bits per heavy atom. The van der Waals surface area contributed by atoms with Crippen LogP contribution >= 0.6 is 35.0 Å². The summed E-state index contributed by atoms with van der Waals surface area (Å²) in [6, 6.07) is 5.24. The van der Waals surface area contributed by atoms with Gasteiger partial charge in [0.15, 0.2) is 5.17 Å². The first-order valence-corrected chi connectivity index (χ1v) is 8.43. The molecule has 1 saturated heterocycles. The Bertz CT molecular complexity index is 637. The molecule has 0 aromatic heterocycles. The molecule has 0 atom stereocenters. The van der Waals surface area contributed by atoms with Crippen molar-refractivity contribution in [2.45, 2.75) is 19.3 Å². The third-order valence-corrected chi connectivity index (χ3v) is 5.09. The van der Waals surface area contributed by atoms with Crippen LogP contribution in [-0.2, 0) is 4.79 Å². The zero-order chi connectivity index (χ0) is 14.8. The summed E-state index contributed by atoms with van der Waals surface area (Å²) in [7, 11) is 0. The lowest BCUT2D eigenvalue weighted by atomic mass is 10.1. The number of amides is 1. The van der Waals surface area contributed by atoms with E-state index in [0.29, 0.717) is 15.0 Å². The molecule has 110 valence electrons. The fourth-order valence-corrected chi connectivity index (χ4v) is 3.80. The van der Waals surface area contributed by atoms with E-state index in [1.165, 1.54) is 18.2 Å². The van der Waals surface area contributed by atoms with Crippen molar-refractivity contribution in [2.24, 2.45) is 4.99 Å². The largest absolute Gasteiger partial charge is 0.351 e. The molecule has 2 aliphatic heterocycles. The molecular formula is C15H14Cl2N2OS. The monoisotopic (exact) mass is 340 g/mol. The smallest absolute Gasteiger partial charge is 0.286 e. The van der Waals surface area contributed by atoms with E-state index in [1.807, 2.05) is 6.07 Å². The summed E-state index contributed by atoms with van der Waals surface area (Å²) < 4.78 is 0. The Balaban J connectivity index is 1.79. The Labute approximate surface area is 138 Å². The van der Waals surface area contributed by atoms with E-state index in [2.05, 4.69) is 9.89 Å². The number of hydrogen-bond donors (Lipinski definition) is 0. The highest BCUT2D eigenvalue weighted by Crippen LogP contribution is 2.33. The van der Waals surface area contributed by atoms with Gasteiger partial charge in [-0.15, -0.1) is 0 Å². The number of benzene rings is 1. The van der Waals surface area contributed by atoms with Gasteiger partial charge in [0.25, 0.3) is 5.91 Å². The highest BCUT2D eigenvalue weighted by atomic mass is 35.5. The number of carbonyl (C=O) groups excluding carboxylic acids is 1. The van der Waals surface area contributed by atoms with Crippen molar-refractivity contribution in [2.75, 3.05) is 13.1 Å². The molecule has 3 rings (SSSR count). The minimum Gasteiger partial charge on any atom is -0.351 e. The normalized spacial score (nSPS) is 21.0. The molecular weight excluding hydrogens is 327 g/mol. The summed E-state index contributed by atoms with van der Waals surface area (Å²) in [5.41, 5.74) is 0.784. The van der Waals surface area contributed by atoms with Gasteiger partial charge in [0.05, 0.1) is 4.91 Å². The molecule has 1 fully saturated rings. The van der Waals surface area contributed by atoms with Gasteiger partial charge in [-0.2, -0.15) is 4.99 Å². The number of piperidine rings is 1. The predicted octanol–water partition coefficient (Wildman–Crippen LogP) is 4.45. The molecule has 0 bridgehead atoms. The molecule has 0 radical (unpaired) electrons. The molecule has 6 heteroatoms. The summed E-state index contributed by atoms with van der Waals surface area (Å²) in [6.07, 6.45) is 5.36. The molecule has 0 unspecified atom stereocenters. The molecule has 0 N–H and O–H groups in total. The van der Waals surface area contributed by atoms with E-state index in [1.54, 1.807) is 18.2 Å². The van der Waals surface area contributed by atoms with Gasteiger partial charge in [0, 0.05) is 23.1 Å². The summed E-state index contributed by atoms with van der Waals surface area (Å²) in [4.78, 5) is 19.0. The summed E-state index contributed by atoms with van der Waals surface area (Å²) in [5, 5.41) is 1.93. The van der Waals surface area contributed by atoms with E-state index in [0.717, 1.165) is 36.7 Å². The van der Waals surface area contributed by atoms with Crippen LogP contribution in [0.15, 0.2) is 28.1 Å². The molecule has 1 aromatic carbocycles. The van der Waals surface area contributed by atoms with Crippen LogP contribution in [0.4, 0.5) is 0 Å². The summed E-state index contributed by atoms with van der Waals surface area (Å²) >= 11 is 13.5. The molecule has 2 heterocycles. The van der Waals surface area contributed by atoms with Crippen molar-refractivity contribution in [1.82, 2.24) is 4.90 Å². The minimum absolute atomic E-state index is 0.188. The van der Waals surface area contributed by atoms with Crippen molar-refractivity contribution in [1.29, 1.82) is 0 Å². The van der Waals surface area contributed by atoms with E-state index >= 15 is 0 Å². The van der Waals surface area contributed by atoms with Crippen LogP contribution < -0.4 is 0 Å². The third kappa shape index (κ3) is 3.44. The molecule has 2 aliphatic rings. The van der Waals surface area contributed by atoms with Crippen molar-refractivity contribution < 1.29 is 4.79 Å². The predicted molar refractivity (Wildman–Crippen MR) is 89.9 cm³/mol. The maximum atomic E-state index is 12.0. The quantitative estimate of drug-likeness (QED) is 0.708. The van der Waals surface area contributed by atoms with Crippen LogP contribution in [0.5, 0.6) is 0 Å². The van der Waals surface area contributed by atoms with Crippen molar-refractivity contribution in [3.05, 3.63) is 38.7 Å². The Morgan fingerprint density at radius 3 is 2.67 bits per heavy atom. The zero-order valence-electron chi connectivity index (χ0n) is 11.3. The molecule has 0 spiro atoms. The van der Waals surface area contributed by atoms with E-state index in [9.17, 15) is 4.79 Å². The van der Waals surface area contributed by atoms with Crippen LogP contribution in [-0.4, -0.2) is 29.1 Å². The third-order valence-electron chi connectivity index (χ3n) is 3.48. The van der Waals surface area contributed by atoms with Crippen molar-refractivity contribution in [3.63, 3.8) is 0 Å². The maximum Gasteiger partial charge on any atom is 0.286 e. The van der Waals surface area contributed by atoms with Crippen LogP contribution in [0.2, 0.25) is 10.0 Å². The number of nitrogens with zero attached hydrogens (tertiary/aromatic N) is 2. The van der Waals surface area contributed by atoms with E-state index < -0.39 is 0 Å². The molecule has 21 heavy (non-hydrogen) atoms. The van der Waals surface area contributed by atoms with Gasteiger partial charge in [0.2, 0.25) is 0 Å². The highest BCUT2D eigenvalue weighted by molar-refractivity contribution is 8.18. The first-order chi connectivity index (χ1) is 10.1. The van der Waals surface area contributed by atoms with Crippen LogP contribution in [0.3, 0.4) is 0 Å². The molecule has 0 saturated carbocycles. The van der Waals surface area contributed by atoms with Gasteiger partial charge < -0.3 is 4.90 Å². The molecule has 3 nitrogen and oxygen atoms in total. The number of thioether (sulfide) groups is 1. The Kier molecular flexibility index (Phi) is 4.57. The van der Waals surface area contributed by atoms with E-state index in [4.69, 9.17) is 23.2 Å². The van der Waals surface area contributed by atoms with Crippen molar-refractivity contribution in [3.8, 4) is 0 Å². The number of halogens is 2. The Morgan fingerprint density at radius 1 is 1.19 bits per heavy atom. The number of aliphatic imine (C=N–C) groups is 1. The van der Waals surface area contributed by atoms with Gasteiger partial charge in [0.1, 0.15) is 0 Å². The number of amidine groups is 1. The lowest BCUT2D eigenvalue weighted by Gasteiger charge is -2.27. The van der Waals surface area contributed by atoms with Gasteiger partial charge in [-0.1, -0.05) is 29.3 Å². The number of rotatable bonds is 1. The van der Waals surface area contributed by atoms with Crippen LogP contribution in [0.25, 0.3) is 6.08 Å². The number of hydrogen-bond acceptors (Lipinski definition) is 3. The molecule has 0 aliphatic carbocycles. The zero-order valence-corrected chi connectivity index (χ0v) is 13.6. The average Bonchev–Trinajstić information content (AvgIpc) is 2.84. The van der Waals surface area contributed by atoms with Crippen LogP contribution in [0, 0.1) is 0 Å². The van der Waals surface area contributed by atoms with Crippen molar-refractivity contribution >= 4 is 52.1 Å². The highest BCUT2D eigenvalue weighted by Gasteiger charge is 2.27. The topological polar surface area (TPSA) is 32.7 Å². The van der Waals surface area contributed by atoms with Crippen LogP contribution in [0.1, 0.15) is 24.8 Å². The lowest BCUT2D eigenvalue weighted by Crippen LogP contribution is -2.33. The SMILES string of the molecule is O=C1N=C(N2CCCCC2)SC1=Cc1ccc(Cl)cc1Cl. The summed E-state index contributed by atoms with van der Waals surface area (Å²) in [6.45, 7) is 1.96. The number of carbonyl (C=O) groups is 1. The van der Waals surface area contributed by atoms with Gasteiger partial charge >= 0.3 is 0 Å². The maximum absolute atomic E-state index is 12.0. The molecule has 1 aromatic rings. The van der Waals surface area contributed by atoms with Gasteiger partial charge in [-0.25, -0.2) is 0 Å². The van der Waals surface area contributed by atoms with Gasteiger partial charge in [-0.05, 0) is 54.8 Å². The summed E-state index contributed by atoms with van der Waals surface area (Å²) in [5.74, 6) is -0.188. The standard InChI is InChI=1S/C15H14Cl2N2OS/c16-11-5-4-10(12(17)9-11)8-13-14(20)18-15(21-13)19-6-2-1-3-7-19/h4-5,8-9H,1-3,6-7H2. The first kappa shape index (κ1) is 14.9. The fourth-order valence-electron chi connectivity index (χ4n) is 2.38. The second kappa shape index (κ2) is 6.42. The minimum atomic E-state index is -0.188. The lowest BCUT2D eigenvalue weighted by molar-refractivity contribution is -0.113. The first-order valence-electron chi connectivity index (χ1n) is 6.86.